The Balaban J connectivity index is 4.32. The molecule has 5 heteroatoms. The molecule has 0 aliphatic carbocycles. The summed E-state index contributed by atoms with van der Waals surface area (Å²) >= 11 is 0. The van der Waals surface area contributed by atoms with Gasteiger partial charge in [-0.05, 0) is 12.3 Å². The van der Waals surface area contributed by atoms with Gasteiger partial charge in [0.1, 0.15) is 6.10 Å². The molecule has 0 fully saturated rings. The van der Waals surface area contributed by atoms with Gasteiger partial charge in [0, 0.05) is 13.0 Å². The molecule has 88 valence electrons. The summed E-state index contributed by atoms with van der Waals surface area (Å²) in [6.07, 6.45) is -0.346. The maximum Gasteiger partial charge on any atom is 0.307 e. The van der Waals surface area contributed by atoms with E-state index in [1.165, 1.54) is 6.92 Å². The molecule has 0 radical (unpaired) electrons. The van der Waals surface area contributed by atoms with E-state index >= 15 is 0 Å². The Morgan fingerprint density at radius 2 is 1.93 bits per heavy atom. The molecular weight excluding hydrogens is 198 g/mol. The molecule has 0 bridgehead atoms. The average Bonchev–Trinajstić information content (AvgIpc) is 1.99. The van der Waals surface area contributed by atoms with E-state index in [-0.39, 0.29) is 6.42 Å². The first-order valence-electron chi connectivity index (χ1n) is 4.97. The van der Waals surface area contributed by atoms with Crippen LogP contribution in [0.25, 0.3) is 0 Å². The summed E-state index contributed by atoms with van der Waals surface area (Å²) in [5.41, 5.74) is 5.77. The predicted octanol–water partition coefficient (Wildman–Crippen LogP) is 0.766. The van der Waals surface area contributed by atoms with Crippen LogP contribution in [-0.2, 0) is 14.3 Å². The molecule has 0 amide bonds. The van der Waals surface area contributed by atoms with E-state index in [0.29, 0.717) is 12.3 Å². The molecule has 15 heavy (non-hydrogen) atoms. The summed E-state index contributed by atoms with van der Waals surface area (Å²) in [6.45, 7) is 5.20. The van der Waals surface area contributed by atoms with E-state index in [2.05, 4.69) is 0 Å². The van der Waals surface area contributed by atoms with Gasteiger partial charge in [-0.25, -0.2) is 0 Å². The number of carbonyl (C=O) groups excluding carboxylic acids is 1. The number of carbonyl (C=O) groups is 2. The second-order valence-corrected chi connectivity index (χ2v) is 4.04. The topological polar surface area (TPSA) is 89.6 Å². The van der Waals surface area contributed by atoms with Crippen LogP contribution in [0.5, 0.6) is 0 Å². The van der Waals surface area contributed by atoms with Crippen molar-refractivity contribution in [2.75, 3.05) is 0 Å². The van der Waals surface area contributed by atoms with Crippen LogP contribution in [-0.4, -0.2) is 29.2 Å². The predicted molar refractivity (Wildman–Crippen MR) is 55.2 cm³/mol. The fraction of sp³-hybridized carbons (Fsp3) is 0.800. The van der Waals surface area contributed by atoms with Crippen molar-refractivity contribution in [2.45, 2.75) is 45.8 Å². The van der Waals surface area contributed by atoms with Crippen LogP contribution in [0.4, 0.5) is 0 Å². The van der Waals surface area contributed by atoms with Gasteiger partial charge in [-0.15, -0.1) is 0 Å². The van der Waals surface area contributed by atoms with E-state index in [4.69, 9.17) is 15.6 Å². The first-order chi connectivity index (χ1) is 6.82. The maximum absolute atomic E-state index is 10.8. The Hall–Kier alpha value is -1.10. The molecule has 2 unspecified atom stereocenters. The van der Waals surface area contributed by atoms with E-state index in [9.17, 15) is 9.59 Å². The lowest BCUT2D eigenvalue weighted by Crippen LogP contribution is -2.40. The lowest BCUT2D eigenvalue weighted by atomic mass is 9.98. The lowest BCUT2D eigenvalue weighted by molar-refractivity contribution is -0.152. The monoisotopic (exact) mass is 217 g/mol. The standard InChI is InChI=1S/C10H19NO4/c1-6(2)4-8(11)9(5-10(13)14)15-7(3)12/h6,8-9H,4-5,11H2,1-3H3,(H,13,14). The van der Waals surface area contributed by atoms with Gasteiger partial charge in [-0.1, -0.05) is 13.8 Å². The zero-order chi connectivity index (χ0) is 12.0. The van der Waals surface area contributed by atoms with E-state index in [0.717, 1.165) is 0 Å². The van der Waals surface area contributed by atoms with Gasteiger partial charge in [0.15, 0.2) is 0 Å². The van der Waals surface area contributed by atoms with Crippen LogP contribution in [0, 0.1) is 5.92 Å². The number of carboxylic acids is 1. The number of carboxylic acid groups (broad SMARTS) is 1. The number of rotatable bonds is 6. The third kappa shape index (κ3) is 6.90. The van der Waals surface area contributed by atoms with E-state index in [1.807, 2.05) is 13.8 Å². The summed E-state index contributed by atoms with van der Waals surface area (Å²) in [7, 11) is 0. The van der Waals surface area contributed by atoms with E-state index < -0.39 is 24.1 Å². The normalized spacial score (nSPS) is 14.7. The molecule has 0 aliphatic rings. The van der Waals surface area contributed by atoms with Gasteiger partial charge in [0.05, 0.1) is 6.42 Å². The Morgan fingerprint density at radius 1 is 1.40 bits per heavy atom. The largest absolute Gasteiger partial charge is 0.481 e. The molecule has 3 N–H and O–H groups in total. The van der Waals surface area contributed by atoms with Gasteiger partial charge in [-0.2, -0.15) is 0 Å². The molecule has 0 aliphatic heterocycles. The van der Waals surface area contributed by atoms with Crippen molar-refractivity contribution in [3.05, 3.63) is 0 Å². The van der Waals surface area contributed by atoms with Crippen molar-refractivity contribution >= 4 is 11.9 Å². The summed E-state index contributed by atoms with van der Waals surface area (Å²) in [6, 6.07) is -0.426. The lowest BCUT2D eigenvalue weighted by Gasteiger charge is -2.23. The highest BCUT2D eigenvalue weighted by molar-refractivity contribution is 5.69. The molecule has 0 aromatic rings. The van der Waals surface area contributed by atoms with Gasteiger partial charge < -0.3 is 15.6 Å². The zero-order valence-corrected chi connectivity index (χ0v) is 9.40. The molecule has 5 nitrogen and oxygen atoms in total. The van der Waals surface area contributed by atoms with Crippen molar-refractivity contribution in [3.63, 3.8) is 0 Å². The van der Waals surface area contributed by atoms with Crippen LogP contribution in [0.3, 0.4) is 0 Å². The van der Waals surface area contributed by atoms with Gasteiger partial charge in [0.2, 0.25) is 0 Å². The van der Waals surface area contributed by atoms with Crippen LogP contribution < -0.4 is 5.73 Å². The second-order valence-electron chi connectivity index (χ2n) is 4.04. The Kier molecular flexibility index (Phi) is 5.93. The first kappa shape index (κ1) is 13.9. The molecule has 0 saturated heterocycles. The highest BCUT2D eigenvalue weighted by atomic mass is 16.5. The number of esters is 1. The minimum absolute atomic E-state index is 0.243. The van der Waals surface area contributed by atoms with Crippen molar-refractivity contribution < 1.29 is 19.4 Å². The summed E-state index contributed by atoms with van der Waals surface area (Å²) < 4.78 is 4.88. The number of nitrogens with two attached hydrogens (primary N) is 1. The smallest absolute Gasteiger partial charge is 0.307 e. The van der Waals surface area contributed by atoms with Crippen LogP contribution >= 0.6 is 0 Å². The van der Waals surface area contributed by atoms with Crippen LogP contribution in [0.2, 0.25) is 0 Å². The summed E-state index contributed by atoms with van der Waals surface area (Å²) in [4.78, 5) is 21.3. The Labute approximate surface area is 89.6 Å². The summed E-state index contributed by atoms with van der Waals surface area (Å²) in [5.74, 6) is -1.17. The molecule has 0 spiro atoms. The molecule has 0 rings (SSSR count). The minimum Gasteiger partial charge on any atom is -0.481 e. The minimum atomic E-state index is -1.01. The third-order valence-electron chi connectivity index (χ3n) is 1.91. The number of ether oxygens (including phenoxy) is 1. The van der Waals surface area contributed by atoms with E-state index in [1.54, 1.807) is 0 Å². The van der Waals surface area contributed by atoms with Crippen molar-refractivity contribution in [1.29, 1.82) is 0 Å². The molecule has 0 aromatic carbocycles. The number of aliphatic carboxylic acids is 1. The second kappa shape index (κ2) is 6.40. The quantitative estimate of drug-likeness (QED) is 0.641. The fourth-order valence-electron chi connectivity index (χ4n) is 1.36. The molecule has 0 heterocycles. The van der Waals surface area contributed by atoms with Crippen molar-refractivity contribution in [2.24, 2.45) is 11.7 Å². The number of hydrogen-bond acceptors (Lipinski definition) is 4. The Bertz CT molecular complexity index is 211. The van der Waals surface area contributed by atoms with Gasteiger partial charge >= 0.3 is 11.9 Å². The highest BCUT2D eigenvalue weighted by Gasteiger charge is 2.24. The van der Waals surface area contributed by atoms with Crippen molar-refractivity contribution in [3.8, 4) is 0 Å². The number of hydrogen-bond donors (Lipinski definition) is 2. The third-order valence-corrected chi connectivity index (χ3v) is 1.91. The maximum atomic E-state index is 10.8. The Morgan fingerprint density at radius 3 is 2.27 bits per heavy atom. The molecular formula is C10H19NO4. The van der Waals surface area contributed by atoms with Crippen LogP contribution in [0.1, 0.15) is 33.6 Å². The molecule has 2 atom stereocenters. The van der Waals surface area contributed by atoms with Crippen molar-refractivity contribution in [1.82, 2.24) is 0 Å². The summed E-state index contributed by atoms with van der Waals surface area (Å²) in [5, 5.41) is 8.63. The zero-order valence-electron chi connectivity index (χ0n) is 9.40. The molecule has 0 saturated carbocycles. The average molecular weight is 217 g/mol. The molecule has 0 aromatic heterocycles. The van der Waals surface area contributed by atoms with Crippen LogP contribution in [0.15, 0.2) is 0 Å². The SMILES string of the molecule is CC(=O)OC(CC(=O)O)C(N)CC(C)C. The fourth-order valence-corrected chi connectivity index (χ4v) is 1.36. The highest BCUT2D eigenvalue weighted by Crippen LogP contribution is 2.12. The van der Waals surface area contributed by atoms with Gasteiger partial charge in [0.25, 0.3) is 0 Å². The first-order valence-corrected chi connectivity index (χ1v) is 4.97. The van der Waals surface area contributed by atoms with Gasteiger partial charge in [-0.3, -0.25) is 9.59 Å².